The van der Waals surface area contributed by atoms with E-state index >= 15 is 0 Å². The molecule has 1 aliphatic carbocycles. The number of allylic oxidation sites excluding steroid dienone is 2. The summed E-state index contributed by atoms with van der Waals surface area (Å²) in [5.74, 6) is 0. The van der Waals surface area contributed by atoms with Gasteiger partial charge in [0.25, 0.3) is 0 Å². The van der Waals surface area contributed by atoms with Crippen LogP contribution in [0, 0.1) is 5.41 Å². The van der Waals surface area contributed by atoms with Crippen LogP contribution in [0.4, 0.5) is 0 Å². The van der Waals surface area contributed by atoms with Crippen molar-refractivity contribution in [1.29, 1.82) is 0 Å². The van der Waals surface area contributed by atoms with Crippen molar-refractivity contribution in [3.63, 3.8) is 0 Å². The van der Waals surface area contributed by atoms with Crippen LogP contribution < -0.4 is 5.19 Å². The third kappa shape index (κ3) is 2.33. The minimum Gasteiger partial charge on any atom is -0.0877 e. The Labute approximate surface area is 113 Å². The molecule has 0 fully saturated rings. The van der Waals surface area contributed by atoms with E-state index in [9.17, 15) is 0 Å². The van der Waals surface area contributed by atoms with Gasteiger partial charge in [-0.25, -0.2) is 0 Å². The van der Waals surface area contributed by atoms with Gasteiger partial charge in [-0.1, -0.05) is 81.5 Å². The highest BCUT2D eigenvalue weighted by Gasteiger charge is 2.46. The van der Waals surface area contributed by atoms with Crippen molar-refractivity contribution in [3.05, 3.63) is 42.5 Å². The van der Waals surface area contributed by atoms with Gasteiger partial charge in [-0.05, 0) is 23.3 Å². The van der Waals surface area contributed by atoms with E-state index in [1.54, 1.807) is 5.19 Å². The Kier molecular flexibility index (Phi) is 3.31. The summed E-state index contributed by atoms with van der Waals surface area (Å²) in [6.45, 7) is 12.3. The van der Waals surface area contributed by atoms with Gasteiger partial charge in [-0.2, -0.15) is 0 Å². The molecule has 0 spiro atoms. The Morgan fingerprint density at radius 1 is 1.00 bits per heavy atom. The second-order valence-corrected chi connectivity index (χ2v) is 12.3. The Morgan fingerprint density at radius 3 is 2.17 bits per heavy atom. The van der Waals surface area contributed by atoms with Crippen molar-refractivity contribution in [3.8, 4) is 0 Å². The molecular formula is C17H26Si. The molecule has 0 saturated carbocycles. The monoisotopic (exact) mass is 258 g/mol. The van der Waals surface area contributed by atoms with Crippen LogP contribution in [-0.4, -0.2) is 8.07 Å². The van der Waals surface area contributed by atoms with Gasteiger partial charge in [0, 0.05) is 0 Å². The SMILES string of the molecule is CC1(C)CC=CC(C)([Si](C)(C)c2ccccc2)C1. The minimum atomic E-state index is -1.48. The maximum Gasteiger partial charge on any atom is 0.0901 e. The van der Waals surface area contributed by atoms with Crippen molar-refractivity contribution in [2.45, 2.75) is 51.7 Å². The van der Waals surface area contributed by atoms with Gasteiger partial charge in [0.15, 0.2) is 0 Å². The number of rotatable bonds is 2. The molecule has 1 aliphatic rings. The van der Waals surface area contributed by atoms with Gasteiger partial charge in [0.05, 0.1) is 8.07 Å². The van der Waals surface area contributed by atoms with Crippen molar-refractivity contribution < 1.29 is 0 Å². The zero-order valence-corrected chi connectivity index (χ0v) is 13.5. The number of hydrogen-bond donors (Lipinski definition) is 0. The second-order valence-electron chi connectivity index (χ2n) is 7.36. The molecule has 0 amide bonds. The van der Waals surface area contributed by atoms with Gasteiger partial charge in [-0.3, -0.25) is 0 Å². The first-order valence-corrected chi connectivity index (χ1v) is 10.0. The molecule has 98 valence electrons. The van der Waals surface area contributed by atoms with Crippen LogP contribution in [0.25, 0.3) is 0 Å². The summed E-state index contributed by atoms with van der Waals surface area (Å²) in [5, 5.41) is 1.95. The highest BCUT2D eigenvalue weighted by molar-refractivity contribution is 6.92. The Balaban J connectivity index is 2.41. The summed E-state index contributed by atoms with van der Waals surface area (Å²) in [4.78, 5) is 0. The van der Waals surface area contributed by atoms with Crippen LogP contribution in [0.5, 0.6) is 0 Å². The largest absolute Gasteiger partial charge is 0.0901 e. The molecule has 0 nitrogen and oxygen atoms in total. The molecule has 1 unspecified atom stereocenters. The topological polar surface area (TPSA) is 0 Å². The number of hydrogen-bond acceptors (Lipinski definition) is 0. The van der Waals surface area contributed by atoms with Crippen LogP contribution in [0.3, 0.4) is 0 Å². The molecule has 0 heterocycles. The molecule has 18 heavy (non-hydrogen) atoms. The average Bonchev–Trinajstić information content (AvgIpc) is 2.28. The van der Waals surface area contributed by atoms with Gasteiger partial charge >= 0.3 is 0 Å². The standard InChI is InChI=1S/C17H26Si/c1-16(2)12-9-13-17(3,14-16)18(4,5)15-10-7-6-8-11-15/h6-11,13H,12,14H2,1-5H3. The van der Waals surface area contributed by atoms with Gasteiger partial charge < -0.3 is 0 Å². The summed E-state index contributed by atoms with van der Waals surface area (Å²) in [5.41, 5.74) is 0.447. The first-order chi connectivity index (χ1) is 8.27. The van der Waals surface area contributed by atoms with E-state index in [-0.39, 0.29) is 0 Å². The van der Waals surface area contributed by atoms with Crippen LogP contribution in [0.15, 0.2) is 42.5 Å². The Morgan fingerprint density at radius 2 is 1.61 bits per heavy atom. The van der Waals surface area contributed by atoms with Gasteiger partial charge in [-0.15, -0.1) is 0 Å². The molecule has 1 atom stereocenters. The number of benzene rings is 1. The molecule has 1 heteroatoms. The lowest BCUT2D eigenvalue weighted by molar-refractivity contribution is 0.292. The molecule has 0 radical (unpaired) electrons. The Hall–Kier alpha value is -0.823. The van der Waals surface area contributed by atoms with Crippen LogP contribution in [0.1, 0.15) is 33.6 Å². The molecule has 1 aromatic carbocycles. The molecular weight excluding hydrogens is 232 g/mol. The van der Waals surface area contributed by atoms with Gasteiger partial charge in [0.2, 0.25) is 0 Å². The van der Waals surface area contributed by atoms with Crippen molar-refractivity contribution >= 4 is 13.3 Å². The maximum absolute atomic E-state index is 2.52. The van der Waals surface area contributed by atoms with E-state index in [1.807, 2.05) is 0 Å². The summed E-state index contributed by atoms with van der Waals surface area (Å²) in [7, 11) is -1.48. The summed E-state index contributed by atoms with van der Waals surface area (Å²) in [6, 6.07) is 11.1. The molecule has 0 aliphatic heterocycles. The third-order valence-electron chi connectivity index (χ3n) is 4.93. The lowest BCUT2D eigenvalue weighted by Crippen LogP contribution is -2.53. The fraction of sp³-hybridized carbons (Fsp3) is 0.529. The predicted molar refractivity (Wildman–Crippen MR) is 84.1 cm³/mol. The smallest absolute Gasteiger partial charge is 0.0877 e. The first kappa shape index (κ1) is 13.6. The molecule has 1 aromatic rings. The second kappa shape index (κ2) is 4.38. The van der Waals surface area contributed by atoms with E-state index in [0.29, 0.717) is 10.5 Å². The molecule has 0 aromatic heterocycles. The van der Waals surface area contributed by atoms with E-state index in [4.69, 9.17) is 0 Å². The predicted octanol–water partition coefficient (Wildman–Crippen LogP) is 4.74. The van der Waals surface area contributed by atoms with E-state index in [0.717, 1.165) is 0 Å². The molecule has 2 rings (SSSR count). The lowest BCUT2D eigenvalue weighted by atomic mass is 9.76. The molecule has 0 N–H and O–H groups in total. The van der Waals surface area contributed by atoms with Crippen molar-refractivity contribution in [2.75, 3.05) is 0 Å². The highest BCUT2D eigenvalue weighted by Crippen LogP contribution is 2.52. The fourth-order valence-electron chi connectivity index (χ4n) is 3.38. The summed E-state index contributed by atoms with van der Waals surface area (Å²) >= 11 is 0. The van der Waals surface area contributed by atoms with Crippen molar-refractivity contribution in [2.24, 2.45) is 5.41 Å². The van der Waals surface area contributed by atoms with Crippen LogP contribution >= 0.6 is 0 Å². The zero-order chi connectivity index (χ0) is 13.4. The average molecular weight is 258 g/mol. The van der Waals surface area contributed by atoms with E-state index in [2.05, 4.69) is 76.3 Å². The molecule has 0 bridgehead atoms. The molecule has 0 saturated heterocycles. The Bertz CT molecular complexity index is 442. The summed E-state index contributed by atoms with van der Waals surface area (Å²) in [6.07, 6.45) is 7.46. The van der Waals surface area contributed by atoms with Crippen LogP contribution in [0.2, 0.25) is 18.1 Å². The van der Waals surface area contributed by atoms with Crippen LogP contribution in [-0.2, 0) is 0 Å². The zero-order valence-electron chi connectivity index (χ0n) is 12.5. The maximum atomic E-state index is 2.52. The fourth-order valence-corrected chi connectivity index (χ4v) is 6.52. The quantitative estimate of drug-likeness (QED) is 0.531. The lowest BCUT2D eigenvalue weighted by Gasteiger charge is -2.48. The van der Waals surface area contributed by atoms with E-state index < -0.39 is 8.07 Å². The van der Waals surface area contributed by atoms with E-state index in [1.165, 1.54) is 12.8 Å². The van der Waals surface area contributed by atoms with Gasteiger partial charge in [0.1, 0.15) is 0 Å². The third-order valence-corrected chi connectivity index (χ3v) is 9.90. The normalized spacial score (nSPS) is 27.2. The first-order valence-electron chi connectivity index (χ1n) is 7.00. The minimum absolute atomic E-state index is 0.371. The highest BCUT2D eigenvalue weighted by atomic mass is 28.3. The van der Waals surface area contributed by atoms with Crippen molar-refractivity contribution in [1.82, 2.24) is 0 Å². The summed E-state index contributed by atoms with van der Waals surface area (Å²) < 4.78 is 0.